The first-order chi connectivity index (χ1) is 13.8. The number of carbonyl (C=O) groups is 2. The molecule has 0 bridgehead atoms. The molecule has 2 atom stereocenters. The predicted molar refractivity (Wildman–Crippen MR) is 120 cm³/mol. The average molecular weight is 414 g/mol. The lowest BCUT2D eigenvalue weighted by Gasteiger charge is -2.20. The Morgan fingerprint density at radius 2 is 1.34 bits per heavy atom. The minimum atomic E-state index is -0.408. The number of hydrogen-bond acceptors (Lipinski definition) is 5. The predicted octanol–water partition coefficient (Wildman–Crippen LogP) is 5.61. The fourth-order valence-corrected chi connectivity index (χ4v) is 3.25. The maximum atomic E-state index is 12.6. The number of unbranched alkanes of at least 4 members (excludes halogenated alkanes) is 6. The van der Waals surface area contributed by atoms with E-state index in [4.69, 9.17) is 9.47 Å². The first-order valence-corrected chi connectivity index (χ1v) is 11.8. The highest BCUT2D eigenvalue weighted by molar-refractivity contribution is 5.73. The molecule has 0 aromatic heterocycles. The second-order valence-corrected chi connectivity index (χ2v) is 8.77. The minimum absolute atomic E-state index is 0.0226. The molecule has 172 valence electrons. The van der Waals surface area contributed by atoms with Crippen molar-refractivity contribution < 1.29 is 19.1 Å². The summed E-state index contributed by atoms with van der Waals surface area (Å²) in [4.78, 5) is 26.8. The summed E-state index contributed by atoms with van der Waals surface area (Å²) in [5.74, 6) is -0.515. The topological polar surface area (TPSA) is 55.8 Å². The van der Waals surface area contributed by atoms with Crippen molar-refractivity contribution >= 4 is 11.9 Å². The molecule has 2 unspecified atom stereocenters. The number of ether oxygens (including phenoxy) is 2. The summed E-state index contributed by atoms with van der Waals surface area (Å²) in [6, 6.07) is 0. The quantitative estimate of drug-likeness (QED) is 0.216. The lowest BCUT2D eigenvalue weighted by molar-refractivity contribution is -0.163. The zero-order valence-electron chi connectivity index (χ0n) is 20.0. The van der Waals surface area contributed by atoms with E-state index in [-0.39, 0.29) is 30.4 Å². The summed E-state index contributed by atoms with van der Waals surface area (Å²) in [6.07, 6.45) is 11.5. The normalized spacial score (nSPS) is 13.5. The van der Waals surface area contributed by atoms with Gasteiger partial charge in [0.1, 0.15) is 12.7 Å². The van der Waals surface area contributed by atoms with E-state index in [0.717, 1.165) is 38.6 Å². The Labute approximate surface area is 179 Å². The van der Waals surface area contributed by atoms with E-state index in [9.17, 15) is 9.59 Å². The third-order valence-electron chi connectivity index (χ3n) is 5.33. The Kier molecular flexibility index (Phi) is 17.1. The number of rotatable bonds is 18. The van der Waals surface area contributed by atoms with Crippen molar-refractivity contribution in [2.24, 2.45) is 11.8 Å². The van der Waals surface area contributed by atoms with Crippen molar-refractivity contribution in [2.75, 3.05) is 27.2 Å². The Hall–Kier alpha value is -1.10. The molecule has 5 nitrogen and oxygen atoms in total. The standard InChI is InChI=1S/C24H47NO4/c1-7-9-11-13-15-22(16-14-12-10-8-2)24(27)28-19-21(4)29-23(26)20(3)17-18-25(5)6/h20-22H,7-19H2,1-6H3. The number of hydrogen-bond donors (Lipinski definition) is 0. The smallest absolute Gasteiger partial charge is 0.309 e. The Balaban J connectivity index is 4.36. The van der Waals surface area contributed by atoms with Crippen LogP contribution in [0.15, 0.2) is 0 Å². The SMILES string of the molecule is CCCCCCC(CCCCCC)C(=O)OCC(C)OC(=O)C(C)CCN(C)C. The van der Waals surface area contributed by atoms with Crippen LogP contribution in [-0.2, 0) is 19.1 Å². The van der Waals surface area contributed by atoms with Crippen molar-refractivity contribution in [3.63, 3.8) is 0 Å². The molecule has 0 aromatic rings. The molecule has 0 saturated heterocycles. The highest BCUT2D eigenvalue weighted by Crippen LogP contribution is 2.20. The van der Waals surface area contributed by atoms with Crippen LogP contribution < -0.4 is 0 Å². The minimum Gasteiger partial charge on any atom is -0.462 e. The maximum Gasteiger partial charge on any atom is 0.309 e. The first-order valence-electron chi connectivity index (χ1n) is 11.8. The van der Waals surface area contributed by atoms with Gasteiger partial charge in [-0.15, -0.1) is 0 Å². The van der Waals surface area contributed by atoms with Gasteiger partial charge in [0.25, 0.3) is 0 Å². The molecule has 0 saturated carbocycles. The van der Waals surface area contributed by atoms with Gasteiger partial charge in [0.2, 0.25) is 0 Å². The fourth-order valence-electron chi connectivity index (χ4n) is 3.25. The average Bonchev–Trinajstić information content (AvgIpc) is 2.68. The lowest BCUT2D eigenvalue weighted by atomic mass is 9.94. The molecule has 0 fully saturated rings. The van der Waals surface area contributed by atoms with Crippen LogP contribution in [0.25, 0.3) is 0 Å². The van der Waals surface area contributed by atoms with Crippen molar-refractivity contribution in [1.82, 2.24) is 4.90 Å². The highest BCUT2D eigenvalue weighted by Gasteiger charge is 2.22. The largest absolute Gasteiger partial charge is 0.462 e. The fraction of sp³-hybridized carbons (Fsp3) is 0.917. The summed E-state index contributed by atoms with van der Waals surface area (Å²) in [7, 11) is 3.97. The third kappa shape index (κ3) is 15.4. The summed E-state index contributed by atoms with van der Waals surface area (Å²) in [6.45, 7) is 9.05. The van der Waals surface area contributed by atoms with Crippen LogP contribution in [0.4, 0.5) is 0 Å². The molecule has 0 heterocycles. The van der Waals surface area contributed by atoms with Crippen LogP contribution in [0.1, 0.15) is 98.3 Å². The maximum absolute atomic E-state index is 12.6. The molecule has 0 aliphatic heterocycles. The van der Waals surface area contributed by atoms with E-state index in [1.165, 1.54) is 38.5 Å². The molecule has 0 aromatic carbocycles. The van der Waals surface area contributed by atoms with E-state index in [2.05, 4.69) is 18.7 Å². The highest BCUT2D eigenvalue weighted by atomic mass is 16.6. The third-order valence-corrected chi connectivity index (χ3v) is 5.33. The molecular formula is C24H47NO4. The molecule has 29 heavy (non-hydrogen) atoms. The van der Waals surface area contributed by atoms with Gasteiger partial charge in [0, 0.05) is 0 Å². The number of carbonyl (C=O) groups excluding carboxylic acids is 2. The second-order valence-electron chi connectivity index (χ2n) is 8.77. The zero-order valence-corrected chi connectivity index (χ0v) is 20.0. The van der Waals surface area contributed by atoms with Crippen molar-refractivity contribution in [3.05, 3.63) is 0 Å². The van der Waals surface area contributed by atoms with E-state index < -0.39 is 6.10 Å². The molecule has 0 radical (unpaired) electrons. The van der Waals surface area contributed by atoms with Crippen LogP contribution in [0.5, 0.6) is 0 Å². The van der Waals surface area contributed by atoms with Crippen molar-refractivity contribution in [1.29, 1.82) is 0 Å². The second kappa shape index (κ2) is 17.7. The van der Waals surface area contributed by atoms with Crippen LogP contribution >= 0.6 is 0 Å². The van der Waals surface area contributed by atoms with E-state index in [0.29, 0.717) is 0 Å². The van der Waals surface area contributed by atoms with Gasteiger partial charge in [0.05, 0.1) is 11.8 Å². The van der Waals surface area contributed by atoms with Gasteiger partial charge in [-0.1, -0.05) is 72.1 Å². The lowest BCUT2D eigenvalue weighted by Crippen LogP contribution is -2.28. The van der Waals surface area contributed by atoms with Gasteiger partial charge in [-0.2, -0.15) is 0 Å². The van der Waals surface area contributed by atoms with E-state index in [1.54, 1.807) is 6.92 Å². The summed E-state index contributed by atoms with van der Waals surface area (Å²) in [5, 5.41) is 0. The Bertz CT molecular complexity index is 413. The molecule has 5 heteroatoms. The van der Waals surface area contributed by atoms with Gasteiger partial charge in [-0.05, 0) is 46.8 Å². The van der Waals surface area contributed by atoms with Gasteiger partial charge >= 0.3 is 11.9 Å². The molecule has 0 aliphatic rings. The van der Waals surface area contributed by atoms with Crippen molar-refractivity contribution in [2.45, 2.75) is 104 Å². The first kappa shape index (κ1) is 27.9. The van der Waals surface area contributed by atoms with Crippen LogP contribution in [0.2, 0.25) is 0 Å². The van der Waals surface area contributed by atoms with E-state index >= 15 is 0 Å². The van der Waals surface area contributed by atoms with Crippen LogP contribution in [0.3, 0.4) is 0 Å². The van der Waals surface area contributed by atoms with Crippen molar-refractivity contribution in [3.8, 4) is 0 Å². The number of esters is 2. The summed E-state index contributed by atoms with van der Waals surface area (Å²) in [5.41, 5.74) is 0. The molecule has 0 spiro atoms. The van der Waals surface area contributed by atoms with Gasteiger partial charge < -0.3 is 14.4 Å². The summed E-state index contributed by atoms with van der Waals surface area (Å²) >= 11 is 0. The molecule has 0 amide bonds. The number of nitrogens with zero attached hydrogens (tertiary/aromatic N) is 1. The van der Waals surface area contributed by atoms with Gasteiger partial charge in [-0.25, -0.2) is 0 Å². The zero-order chi connectivity index (χ0) is 22.1. The van der Waals surface area contributed by atoms with Crippen LogP contribution in [0, 0.1) is 11.8 Å². The van der Waals surface area contributed by atoms with Crippen LogP contribution in [-0.4, -0.2) is 50.2 Å². The van der Waals surface area contributed by atoms with E-state index in [1.807, 2.05) is 21.0 Å². The van der Waals surface area contributed by atoms with Gasteiger partial charge in [-0.3, -0.25) is 9.59 Å². The molecular weight excluding hydrogens is 366 g/mol. The molecule has 0 rings (SSSR count). The molecule has 0 N–H and O–H groups in total. The Morgan fingerprint density at radius 1 is 0.793 bits per heavy atom. The monoisotopic (exact) mass is 413 g/mol. The molecule has 0 aliphatic carbocycles. The Morgan fingerprint density at radius 3 is 1.83 bits per heavy atom. The van der Waals surface area contributed by atoms with Gasteiger partial charge in [0.15, 0.2) is 0 Å². The summed E-state index contributed by atoms with van der Waals surface area (Å²) < 4.78 is 11.0.